The van der Waals surface area contributed by atoms with E-state index in [1.807, 2.05) is 60.8 Å². The molecule has 1 atom stereocenters. The van der Waals surface area contributed by atoms with Crippen molar-refractivity contribution in [2.24, 2.45) is 0 Å². The molecule has 3 aromatic rings. The van der Waals surface area contributed by atoms with Gasteiger partial charge in [-0.25, -0.2) is 4.98 Å². The average molecular weight is 391 g/mol. The molecule has 0 amide bonds. The number of hydrogen-bond acceptors (Lipinski definition) is 4. The number of para-hydroxylation sites is 2. The van der Waals surface area contributed by atoms with Gasteiger partial charge in [0.1, 0.15) is 18.5 Å². The first-order chi connectivity index (χ1) is 11.9. The van der Waals surface area contributed by atoms with E-state index < -0.39 is 0 Å². The summed E-state index contributed by atoms with van der Waals surface area (Å²) in [6.45, 7) is 1.17. The van der Waals surface area contributed by atoms with E-state index in [4.69, 9.17) is 9.47 Å². The van der Waals surface area contributed by atoms with Crippen molar-refractivity contribution in [3.63, 3.8) is 0 Å². The Morgan fingerprint density at radius 3 is 2.42 bits per heavy atom. The van der Waals surface area contributed by atoms with Gasteiger partial charge in [-0.2, -0.15) is 0 Å². The summed E-state index contributed by atoms with van der Waals surface area (Å²) >= 11 is 0. The highest BCUT2D eigenvalue weighted by atomic mass is 35.5. The molecule has 0 saturated carbocycles. The maximum atomic E-state index is 5.95. The highest BCUT2D eigenvalue weighted by Crippen LogP contribution is 2.31. The molecule has 1 aliphatic heterocycles. The fraction of sp³-hybridized carbons (Fsp3) is 0.150. The molecular formula is C20H20Cl2N2O2. The van der Waals surface area contributed by atoms with Crippen LogP contribution in [0.2, 0.25) is 0 Å². The molecule has 2 aromatic carbocycles. The summed E-state index contributed by atoms with van der Waals surface area (Å²) in [7, 11) is 0. The van der Waals surface area contributed by atoms with Gasteiger partial charge in [0.15, 0.2) is 11.5 Å². The van der Waals surface area contributed by atoms with E-state index in [9.17, 15) is 0 Å². The van der Waals surface area contributed by atoms with Crippen molar-refractivity contribution in [3.8, 4) is 22.6 Å². The van der Waals surface area contributed by atoms with E-state index in [-0.39, 0.29) is 30.9 Å². The van der Waals surface area contributed by atoms with Crippen LogP contribution in [-0.2, 0) is 0 Å². The van der Waals surface area contributed by atoms with Gasteiger partial charge in [-0.05, 0) is 35.4 Å². The molecule has 26 heavy (non-hydrogen) atoms. The Balaban J connectivity index is 0.00000121. The molecule has 136 valence electrons. The van der Waals surface area contributed by atoms with E-state index in [1.165, 1.54) is 5.56 Å². The first-order valence-electron chi connectivity index (χ1n) is 8.02. The molecule has 4 rings (SSSR count). The number of hydrogen-bond donors (Lipinski definition) is 1. The van der Waals surface area contributed by atoms with E-state index in [2.05, 4.69) is 22.4 Å². The number of nitrogens with zero attached hydrogens (tertiary/aromatic N) is 1. The van der Waals surface area contributed by atoms with Crippen molar-refractivity contribution in [1.82, 2.24) is 4.98 Å². The van der Waals surface area contributed by atoms with Crippen molar-refractivity contribution in [1.29, 1.82) is 0 Å². The van der Waals surface area contributed by atoms with Crippen LogP contribution in [0.25, 0.3) is 11.1 Å². The van der Waals surface area contributed by atoms with Gasteiger partial charge in [-0.15, -0.1) is 24.8 Å². The summed E-state index contributed by atoms with van der Waals surface area (Å²) in [5.74, 6) is 2.43. The predicted octanol–water partition coefficient (Wildman–Crippen LogP) is 4.84. The van der Waals surface area contributed by atoms with Crippen LogP contribution in [-0.4, -0.2) is 24.2 Å². The third kappa shape index (κ3) is 4.59. The summed E-state index contributed by atoms with van der Waals surface area (Å²) in [4.78, 5) is 4.39. The van der Waals surface area contributed by atoms with Gasteiger partial charge in [-0.1, -0.05) is 42.5 Å². The number of ether oxygens (including phenoxy) is 2. The Labute approximate surface area is 165 Å². The van der Waals surface area contributed by atoms with Crippen molar-refractivity contribution in [2.45, 2.75) is 6.10 Å². The first kappa shape index (κ1) is 19.9. The second-order valence-corrected chi connectivity index (χ2v) is 5.67. The van der Waals surface area contributed by atoms with Gasteiger partial charge < -0.3 is 14.8 Å². The van der Waals surface area contributed by atoms with Crippen LogP contribution in [0.4, 0.5) is 5.82 Å². The molecule has 1 aliphatic rings. The van der Waals surface area contributed by atoms with Crippen molar-refractivity contribution >= 4 is 30.6 Å². The maximum absolute atomic E-state index is 5.95. The SMILES string of the molecule is Cl.Cl.c1ccc(-c2ccnc(NCC3COc4ccccc4O3)c2)cc1. The minimum atomic E-state index is -0.0397. The van der Waals surface area contributed by atoms with Crippen molar-refractivity contribution in [3.05, 3.63) is 72.9 Å². The summed E-state index contributed by atoms with van der Waals surface area (Å²) in [6, 6.07) is 22.1. The number of anilines is 1. The zero-order valence-electron chi connectivity index (χ0n) is 14.0. The van der Waals surface area contributed by atoms with Crippen molar-refractivity contribution < 1.29 is 9.47 Å². The predicted molar refractivity (Wildman–Crippen MR) is 109 cm³/mol. The van der Waals surface area contributed by atoms with Crippen LogP contribution in [0, 0.1) is 0 Å². The molecule has 2 heterocycles. The highest BCUT2D eigenvalue weighted by Gasteiger charge is 2.20. The highest BCUT2D eigenvalue weighted by molar-refractivity contribution is 5.85. The lowest BCUT2D eigenvalue weighted by Crippen LogP contribution is -2.35. The van der Waals surface area contributed by atoms with Crippen LogP contribution in [0.1, 0.15) is 0 Å². The summed E-state index contributed by atoms with van der Waals surface area (Å²) in [6.07, 6.45) is 1.78. The number of nitrogens with one attached hydrogen (secondary N) is 1. The van der Waals surface area contributed by atoms with Crippen LogP contribution in [0.15, 0.2) is 72.9 Å². The van der Waals surface area contributed by atoms with E-state index in [0.29, 0.717) is 13.2 Å². The zero-order valence-corrected chi connectivity index (χ0v) is 15.6. The lowest BCUT2D eigenvalue weighted by molar-refractivity contribution is 0.0997. The Morgan fingerprint density at radius 1 is 0.885 bits per heavy atom. The number of aromatic nitrogens is 1. The normalized spacial score (nSPS) is 14.5. The zero-order chi connectivity index (χ0) is 16.2. The molecule has 0 aliphatic carbocycles. The monoisotopic (exact) mass is 390 g/mol. The molecule has 0 fully saturated rings. The van der Waals surface area contributed by atoms with Crippen LogP contribution < -0.4 is 14.8 Å². The Bertz CT molecular complexity index is 831. The molecule has 0 spiro atoms. The lowest BCUT2D eigenvalue weighted by atomic mass is 10.1. The van der Waals surface area contributed by atoms with Gasteiger partial charge in [0.25, 0.3) is 0 Å². The minimum Gasteiger partial charge on any atom is -0.486 e. The molecule has 0 radical (unpaired) electrons. The Hall–Kier alpha value is -2.43. The van der Waals surface area contributed by atoms with Crippen LogP contribution in [0.3, 0.4) is 0 Å². The van der Waals surface area contributed by atoms with Gasteiger partial charge >= 0.3 is 0 Å². The fourth-order valence-electron chi connectivity index (χ4n) is 2.72. The summed E-state index contributed by atoms with van der Waals surface area (Å²) < 4.78 is 11.7. The number of fused-ring (bicyclic) bond motifs is 1. The van der Waals surface area contributed by atoms with Crippen molar-refractivity contribution in [2.75, 3.05) is 18.5 Å². The quantitative estimate of drug-likeness (QED) is 0.691. The maximum Gasteiger partial charge on any atom is 0.161 e. The molecular weight excluding hydrogens is 371 g/mol. The number of benzene rings is 2. The van der Waals surface area contributed by atoms with Gasteiger partial charge in [0, 0.05) is 6.20 Å². The third-order valence-corrected chi connectivity index (χ3v) is 3.95. The van der Waals surface area contributed by atoms with E-state index in [1.54, 1.807) is 0 Å². The molecule has 1 N–H and O–H groups in total. The standard InChI is InChI=1S/C20H18N2O2.2ClH/c1-2-6-15(7-3-1)16-10-11-21-20(12-16)22-13-17-14-23-18-8-4-5-9-19(18)24-17;;/h1-12,17H,13-14H2,(H,21,22);2*1H. The van der Waals surface area contributed by atoms with Gasteiger partial charge in [0.2, 0.25) is 0 Å². The smallest absolute Gasteiger partial charge is 0.161 e. The second kappa shape index (κ2) is 9.32. The van der Waals surface area contributed by atoms with Gasteiger partial charge in [0.05, 0.1) is 6.54 Å². The molecule has 6 heteroatoms. The molecule has 0 bridgehead atoms. The van der Waals surface area contributed by atoms with Gasteiger partial charge in [-0.3, -0.25) is 0 Å². The Kier molecular flexibility index (Phi) is 7.13. The number of pyridine rings is 1. The number of halogens is 2. The summed E-state index contributed by atoms with van der Waals surface area (Å²) in [5, 5.41) is 3.34. The van der Waals surface area contributed by atoms with Crippen LogP contribution >= 0.6 is 24.8 Å². The van der Waals surface area contributed by atoms with E-state index >= 15 is 0 Å². The first-order valence-corrected chi connectivity index (χ1v) is 8.02. The lowest BCUT2D eigenvalue weighted by Gasteiger charge is -2.26. The fourth-order valence-corrected chi connectivity index (χ4v) is 2.72. The van der Waals surface area contributed by atoms with Crippen LogP contribution in [0.5, 0.6) is 11.5 Å². The van der Waals surface area contributed by atoms with E-state index in [0.717, 1.165) is 22.9 Å². The Morgan fingerprint density at radius 2 is 1.62 bits per heavy atom. The number of rotatable bonds is 4. The largest absolute Gasteiger partial charge is 0.486 e. The summed E-state index contributed by atoms with van der Waals surface area (Å²) in [5.41, 5.74) is 2.31. The minimum absolute atomic E-state index is 0. The average Bonchev–Trinajstić information content (AvgIpc) is 2.67. The second-order valence-electron chi connectivity index (χ2n) is 5.67. The third-order valence-electron chi connectivity index (χ3n) is 3.95. The molecule has 4 nitrogen and oxygen atoms in total. The molecule has 0 saturated heterocycles. The topological polar surface area (TPSA) is 43.4 Å². The molecule has 1 aromatic heterocycles. The molecule has 1 unspecified atom stereocenters.